The van der Waals surface area contributed by atoms with Crippen molar-refractivity contribution >= 4 is 17.3 Å². The SMILES string of the molecule is NC(=O)c1ccc(NCCCCCO)c([N+](=O)[O-])c1. The van der Waals surface area contributed by atoms with Gasteiger partial charge in [0.25, 0.3) is 5.69 Å². The van der Waals surface area contributed by atoms with Crippen LogP contribution in [0, 0.1) is 10.1 Å². The van der Waals surface area contributed by atoms with Gasteiger partial charge < -0.3 is 16.2 Å². The Balaban J connectivity index is 2.71. The number of primary amides is 1. The van der Waals surface area contributed by atoms with Crippen molar-refractivity contribution in [3.8, 4) is 0 Å². The number of nitro groups is 1. The number of nitrogens with zero attached hydrogens (tertiary/aromatic N) is 1. The topological polar surface area (TPSA) is 118 Å². The third kappa shape index (κ3) is 4.55. The lowest BCUT2D eigenvalue weighted by molar-refractivity contribution is -0.384. The molecule has 0 spiro atoms. The number of amides is 1. The summed E-state index contributed by atoms with van der Waals surface area (Å²) in [5.74, 6) is -0.697. The lowest BCUT2D eigenvalue weighted by atomic mass is 10.1. The molecule has 0 fully saturated rings. The molecule has 19 heavy (non-hydrogen) atoms. The second kappa shape index (κ2) is 7.32. The minimum Gasteiger partial charge on any atom is -0.396 e. The van der Waals surface area contributed by atoms with E-state index >= 15 is 0 Å². The summed E-state index contributed by atoms with van der Waals surface area (Å²) in [5, 5.41) is 22.5. The first-order valence-electron chi connectivity index (χ1n) is 5.99. The first-order chi connectivity index (χ1) is 9.06. The van der Waals surface area contributed by atoms with Gasteiger partial charge >= 0.3 is 0 Å². The van der Waals surface area contributed by atoms with Gasteiger partial charge in [0.15, 0.2) is 0 Å². The number of hydrogen-bond acceptors (Lipinski definition) is 5. The second-order valence-corrected chi connectivity index (χ2v) is 4.06. The number of nitrogens with one attached hydrogen (secondary N) is 1. The molecule has 1 amide bonds. The molecule has 7 nitrogen and oxygen atoms in total. The number of hydrogen-bond donors (Lipinski definition) is 3. The Morgan fingerprint density at radius 1 is 1.37 bits per heavy atom. The van der Waals surface area contributed by atoms with Crippen molar-refractivity contribution in [3.05, 3.63) is 33.9 Å². The van der Waals surface area contributed by atoms with Crippen LogP contribution in [0.4, 0.5) is 11.4 Å². The average molecular weight is 267 g/mol. The van der Waals surface area contributed by atoms with Crippen LogP contribution in [-0.4, -0.2) is 29.1 Å². The van der Waals surface area contributed by atoms with Crippen LogP contribution in [0.3, 0.4) is 0 Å². The predicted molar refractivity (Wildman–Crippen MR) is 71.0 cm³/mol. The number of carbonyl (C=O) groups is 1. The summed E-state index contributed by atoms with van der Waals surface area (Å²) in [4.78, 5) is 21.3. The number of carbonyl (C=O) groups excluding carboxylic acids is 1. The maximum atomic E-state index is 11.0. The van der Waals surface area contributed by atoms with Crippen molar-refractivity contribution < 1.29 is 14.8 Å². The number of unbranched alkanes of at least 4 members (excludes halogenated alkanes) is 2. The van der Waals surface area contributed by atoms with Gasteiger partial charge in [-0.3, -0.25) is 14.9 Å². The van der Waals surface area contributed by atoms with Crippen LogP contribution in [0.2, 0.25) is 0 Å². The fourth-order valence-corrected chi connectivity index (χ4v) is 1.62. The van der Waals surface area contributed by atoms with Gasteiger partial charge in [-0.05, 0) is 31.4 Å². The standard InChI is InChI=1S/C12H17N3O4/c13-12(17)9-4-5-10(11(8-9)15(18)19)14-6-2-1-3-7-16/h4-5,8,14,16H,1-3,6-7H2,(H2,13,17). The zero-order valence-electron chi connectivity index (χ0n) is 10.5. The second-order valence-electron chi connectivity index (χ2n) is 4.06. The van der Waals surface area contributed by atoms with E-state index in [1.54, 1.807) is 0 Å². The Hall–Kier alpha value is -2.15. The molecule has 0 unspecified atom stereocenters. The molecule has 4 N–H and O–H groups in total. The number of anilines is 1. The number of aliphatic hydroxyl groups excluding tert-OH is 1. The number of rotatable bonds is 8. The van der Waals surface area contributed by atoms with Crippen molar-refractivity contribution in [1.82, 2.24) is 0 Å². The van der Waals surface area contributed by atoms with E-state index in [1.165, 1.54) is 18.2 Å². The van der Waals surface area contributed by atoms with Crippen LogP contribution in [0.15, 0.2) is 18.2 Å². The molecule has 0 bridgehead atoms. The van der Waals surface area contributed by atoms with Crippen molar-refractivity contribution in [1.29, 1.82) is 0 Å². The van der Waals surface area contributed by atoms with Gasteiger partial charge in [0.1, 0.15) is 5.69 Å². The van der Waals surface area contributed by atoms with E-state index in [-0.39, 0.29) is 17.9 Å². The third-order valence-corrected chi connectivity index (χ3v) is 2.63. The fourth-order valence-electron chi connectivity index (χ4n) is 1.62. The van der Waals surface area contributed by atoms with E-state index < -0.39 is 10.8 Å². The molecule has 7 heteroatoms. The lowest BCUT2D eigenvalue weighted by Gasteiger charge is -2.07. The van der Waals surface area contributed by atoms with E-state index in [1.807, 2.05) is 0 Å². The van der Waals surface area contributed by atoms with E-state index in [0.29, 0.717) is 18.7 Å². The summed E-state index contributed by atoms with van der Waals surface area (Å²) < 4.78 is 0. The van der Waals surface area contributed by atoms with Gasteiger partial charge in [0.2, 0.25) is 5.91 Å². The van der Waals surface area contributed by atoms with Gasteiger partial charge in [-0.1, -0.05) is 0 Å². The molecule has 104 valence electrons. The summed E-state index contributed by atoms with van der Waals surface area (Å²) in [6.07, 6.45) is 2.36. The zero-order valence-corrected chi connectivity index (χ0v) is 10.5. The number of benzene rings is 1. The highest BCUT2D eigenvalue weighted by atomic mass is 16.6. The van der Waals surface area contributed by atoms with Crippen molar-refractivity contribution in [3.63, 3.8) is 0 Å². The lowest BCUT2D eigenvalue weighted by Crippen LogP contribution is -2.12. The van der Waals surface area contributed by atoms with Gasteiger partial charge in [-0.15, -0.1) is 0 Å². The van der Waals surface area contributed by atoms with Crippen LogP contribution in [0.1, 0.15) is 29.6 Å². The minimum atomic E-state index is -0.697. The molecular weight excluding hydrogens is 250 g/mol. The maximum absolute atomic E-state index is 11.0. The van der Waals surface area contributed by atoms with Crippen molar-refractivity contribution in [2.75, 3.05) is 18.5 Å². The van der Waals surface area contributed by atoms with Gasteiger partial charge in [-0.25, -0.2) is 0 Å². The van der Waals surface area contributed by atoms with Crippen molar-refractivity contribution in [2.24, 2.45) is 5.73 Å². The predicted octanol–water partition coefficient (Wildman–Crippen LogP) is 1.27. The maximum Gasteiger partial charge on any atom is 0.293 e. The highest BCUT2D eigenvalue weighted by molar-refractivity contribution is 5.94. The first kappa shape index (κ1) is 14.9. The molecular formula is C12H17N3O4. The molecule has 1 aromatic carbocycles. The molecule has 0 saturated heterocycles. The Morgan fingerprint density at radius 2 is 2.11 bits per heavy atom. The Bertz CT molecular complexity index is 462. The number of nitrogens with two attached hydrogens (primary N) is 1. The summed E-state index contributed by atoms with van der Waals surface area (Å²) in [7, 11) is 0. The summed E-state index contributed by atoms with van der Waals surface area (Å²) in [6, 6.07) is 4.09. The summed E-state index contributed by atoms with van der Waals surface area (Å²) in [6.45, 7) is 0.713. The van der Waals surface area contributed by atoms with E-state index in [2.05, 4.69) is 5.32 Å². The van der Waals surface area contributed by atoms with Gasteiger partial charge in [0.05, 0.1) is 4.92 Å². The molecule has 0 atom stereocenters. The van der Waals surface area contributed by atoms with E-state index in [9.17, 15) is 14.9 Å². The Labute approximate surface area is 110 Å². The molecule has 0 aliphatic rings. The molecule has 0 heterocycles. The van der Waals surface area contributed by atoms with Crippen molar-refractivity contribution in [2.45, 2.75) is 19.3 Å². The normalized spacial score (nSPS) is 10.2. The molecule has 0 saturated carbocycles. The van der Waals surface area contributed by atoms with Crippen LogP contribution < -0.4 is 11.1 Å². The highest BCUT2D eigenvalue weighted by Gasteiger charge is 2.15. The Morgan fingerprint density at radius 3 is 2.68 bits per heavy atom. The van der Waals surface area contributed by atoms with E-state index in [4.69, 9.17) is 10.8 Å². The molecule has 0 aliphatic carbocycles. The Kier molecular flexibility index (Phi) is 5.74. The van der Waals surface area contributed by atoms with E-state index in [0.717, 1.165) is 12.8 Å². The number of nitro benzene ring substituents is 1. The summed E-state index contributed by atoms with van der Waals surface area (Å²) >= 11 is 0. The zero-order chi connectivity index (χ0) is 14.3. The molecule has 0 radical (unpaired) electrons. The largest absolute Gasteiger partial charge is 0.396 e. The van der Waals surface area contributed by atoms with Crippen LogP contribution >= 0.6 is 0 Å². The highest BCUT2D eigenvalue weighted by Crippen LogP contribution is 2.25. The monoisotopic (exact) mass is 267 g/mol. The van der Waals surface area contributed by atoms with Gasteiger partial charge in [-0.2, -0.15) is 0 Å². The molecule has 1 rings (SSSR count). The number of aliphatic hydroxyl groups is 1. The third-order valence-electron chi connectivity index (χ3n) is 2.63. The molecule has 0 aromatic heterocycles. The summed E-state index contributed by atoms with van der Waals surface area (Å²) in [5.41, 5.74) is 5.38. The molecule has 0 aliphatic heterocycles. The van der Waals surface area contributed by atoms with Crippen LogP contribution in [-0.2, 0) is 0 Å². The van der Waals surface area contributed by atoms with Crippen LogP contribution in [0.5, 0.6) is 0 Å². The smallest absolute Gasteiger partial charge is 0.293 e. The van der Waals surface area contributed by atoms with Gasteiger partial charge in [0, 0.05) is 24.8 Å². The quantitative estimate of drug-likeness (QED) is 0.372. The first-order valence-corrected chi connectivity index (χ1v) is 5.99. The average Bonchev–Trinajstić information content (AvgIpc) is 2.38. The fraction of sp³-hybridized carbons (Fsp3) is 0.417. The minimum absolute atomic E-state index is 0.109. The van der Waals surface area contributed by atoms with Crippen LogP contribution in [0.25, 0.3) is 0 Å². The molecule has 1 aromatic rings.